The fourth-order valence-corrected chi connectivity index (χ4v) is 1.29. The third kappa shape index (κ3) is 3.19. The number of amides is 1. The molecule has 1 aromatic rings. The lowest BCUT2D eigenvalue weighted by atomic mass is 10.1. The van der Waals surface area contributed by atoms with E-state index in [0.717, 1.165) is 0 Å². The van der Waals surface area contributed by atoms with E-state index in [1.54, 1.807) is 19.0 Å². The molecule has 0 saturated carbocycles. The predicted octanol–water partition coefficient (Wildman–Crippen LogP) is 1.67. The van der Waals surface area contributed by atoms with E-state index in [-0.39, 0.29) is 6.54 Å². The van der Waals surface area contributed by atoms with Crippen molar-refractivity contribution in [3.05, 3.63) is 34.6 Å². The second-order valence-electron chi connectivity index (χ2n) is 4.00. The number of carbonyl (C=O) groups excluding carboxylic acids is 1. The molecule has 0 saturated heterocycles. The van der Waals surface area contributed by atoms with Crippen molar-refractivity contribution < 1.29 is 26.7 Å². The molecule has 0 bridgehead atoms. The Morgan fingerprint density at radius 2 is 1.37 bits per heavy atom. The molecule has 1 aromatic carbocycles. The van der Waals surface area contributed by atoms with Crippen LogP contribution in [0.15, 0.2) is 0 Å². The number of halogens is 5. The molecule has 1 N–H and O–H groups in total. The van der Waals surface area contributed by atoms with Crippen LogP contribution in [0.3, 0.4) is 0 Å². The van der Waals surface area contributed by atoms with Gasteiger partial charge in [0.1, 0.15) is 5.56 Å². The van der Waals surface area contributed by atoms with Gasteiger partial charge in [-0.25, -0.2) is 22.0 Å². The Labute approximate surface area is 106 Å². The molecule has 3 nitrogen and oxygen atoms in total. The molecule has 0 fully saturated rings. The molecule has 0 unspecified atom stereocenters. The van der Waals surface area contributed by atoms with Crippen molar-refractivity contribution in [3.63, 3.8) is 0 Å². The second-order valence-corrected chi connectivity index (χ2v) is 4.00. The van der Waals surface area contributed by atoms with Crippen LogP contribution in [0.5, 0.6) is 0 Å². The number of benzene rings is 1. The van der Waals surface area contributed by atoms with Gasteiger partial charge in [0.05, 0.1) is 0 Å². The topological polar surface area (TPSA) is 32.3 Å². The molecule has 0 heterocycles. The first kappa shape index (κ1) is 15.4. The fraction of sp³-hybridized carbons (Fsp3) is 0.364. The molecule has 106 valence electrons. The smallest absolute Gasteiger partial charge is 0.257 e. The van der Waals surface area contributed by atoms with Crippen molar-refractivity contribution in [2.75, 3.05) is 27.2 Å². The van der Waals surface area contributed by atoms with Crippen molar-refractivity contribution in [1.82, 2.24) is 10.2 Å². The average Bonchev–Trinajstić information content (AvgIpc) is 2.34. The van der Waals surface area contributed by atoms with Crippen molar-refractivity contribution >= 4 is 5.91 Å². The highest BCUT2D eigenvalue weighted by Gasteiger charge is 2.29. The Kier molecular flexibility index (Phi) is 4.82. The van der Waals surface area contributed by atoms with Gasteiger partial charge in [0.2, 0.25) is 5.82 Å². The fourth-order valence-electron chi connectivity index (χ4n) is 1.29. The molecule has 0 aliphatic heterocycles. The van der Waals surface area contributed by atoms with Crippen molar-refractivity contribution in [2.24, 2.45) is 0 Å². The molecule has 8 heteroatoms. The monoisotopic (exact) mass is 282 g/mol. The maximum Gasteiger partial charge on any atom is 0.257 e. The minimum atomic E-state index is -2.29. The van der Waals surface area contributed by atoms with Gasteiger partial charge in [-0.05, 0) is 14.1 Å². The Bertz CT molecular complexity index is 475. The van der Waals surface area contributed by atoms with Gasteiger partial charge in [-0.15, -0.1) is 0 Å². The van der Waals surface area contributed by atoms with Gasteiger partial charge in [0.15, 0.2) is 23.3 Å². The lowest BCUT2D eigenvalue weighted by molar-refractivity contribution is 0.0939. The van der Waals surface area contributed by atoms with Crippen LogP contribution in [0.2, 0.25) is 0 Å². The summed E-state index contributed by atoms with van der Waals surface area (Å²) in [5, 5.41) is 2.07. The van der Waals surface area contributed by atoms with E-state index in [1.165, 1.54) is 0 Å². The molecule has 0 spiro atoms. The number of hydrogen-bond acceptors (Lipinski definition) is 2. The summed E-state index contributed by atoms with van der Waals surface area (Å²) in [4.78, 5) is 13.1. The number of nitrogens with one attached hydrogen (secondary N) is 1. The highest BCUT2D eigenvalue weighted by Crippen LogP contribution is 2.22. The first-order valence-electron chi connectivity index (χ1n) is 5.21. The largest absolute Gasteiger partial charge is 0.351 e. The Hall–Kier alpha value is -1.70. The number of likely N-dealkylation sites (N-methyl/N-ethyl adjacent to an activating group) is 1. The van der Waals surface area contributed by atoms with Gasteiger partial charge in [-0.1, -0.05) is 0 Å². The molecular weight excluding hydrogens is 271 g/mol. The van der Waals surface area contributed by atoms with Crippen LogP contribution in [0, 0.1) is 29.1 Å². The summed E-state index contributed by atoms with van der Waals surface area (Å²) in [7, 11) is 3.37. The highest BCUT2D eigenvalue weighted by molar-refractivity contribution is 5.94. The van der Waals surface area contributed by atoms with E-state index >= 15 is 0 Å². The van der Waals surface area contributed by atoms with Crippen molar-refractivity contribution in [2.45, 2.75) is 0 Å². The van der Waals surface area contributed by atoms with Crippen LogP contribution in [0.25, 0.3) is 0 Å². The van der Waals surface area contributed by atoms with Gasteiger partial charge < -0.3 is 10.2 Å². The first-order valence-corrected chi connectivity index (χ1v) is 5.21. The van der Waals surface area contributed by atoms with Crippen molar-refractivity contribution in [1.29, 1.82) is 0 Å². The van der Waals surface area contributed by atoms with Gasteiger partial charge in [0.25, 0.3) is 5.91 Å². The summed E-state index contributed by atoms with van der Waals surface area (Å²) >= 11 is 0. The zero-order valence-corrected chi connectivity index (χ0v) is 10.2. The summed E-state index contributed by atoms with van der Waals surface area (Å²) in [6.45, 7) is 0.354. The molecule has 1 amide bonds. The molecule has 0 atom stereocenters. The quantitative estimate of drug-likeness (QED) is 0.517. The molecule has 0 aromatic heterocycles. The molecule has 0 radical (unpaired) electrons. The minimum absolute atomic E-state index is 0.00529. The Morgan fingerprint density at radius 3 is 1.79 bits per heavy atom. The number of nitrogens with zero attached hydrogens (tertiary/aromatic N) is 1. The zero-order chi connectivity index (χ0) is 14.7. The summed E-state index contributed by atoms with van der Waals surface area (Å²) in [6.07, 6.45) is 0. The van der Waals surface area contributed by atoms with Gasteiger partial charge in [0, 0.05) is 13.1 Å². The zero-order valence-electron chi connectivity index (χ0n) is 10.2. The maximum atomic E-state index is 13.2. The van der Waals surface area contributed by atoms with E-state index < -0.39 is 40.6 Å². The first-order chi connectivity index (χ1) is 8.77. The van der Waals surface area contributed by atoms with E-state index in [9.17, 15) is 26.7 Å². The van der Waals surface area contributed by atoms with E-state index in [4.69, 9.17) is 0 Å². The van der Waals surface area contributed by atoms with Crippen LogP contribution in [-0.2, 0) is 0 Å². The lowest BCUT2D eigenvalue weighted by Crippen LogP contribution is -2.33. The van der Waals surface area contributed by atoms with Crippen LogP contribution in [0.1, 0.15) is 10.4 Å². The van der Waals surface area contributed by atoms with Gasteiger partial charge in [-0.2, -0.15) is 0 Å². The van der Waals surface area contributed by atoms with E-state index in [2.05, 4.69) is 5.32 Å². The maximum absolute atomic E-state index is 13.2. The van der Waals surface area contributed by atoms with Crippen LogP contribution in [-0.4, -0.2) is 38.0 Å². The summed E-state index contributed by atoms with van der Waals surface area (Å²) in [5.41, 5.74) is -1.48. The van der Waals surface area contributed by atoms with Crippen molar-refractivity contribution in [3.8, 4) is 0 Å². The summed E-state index contributed by atoms with van der Waals surface area (Å²) in [6, 6.07) is 0. The number of hydrogen-bond donors (Lipinski definition) is 1. The molecule has 19 heavy (non-hydrogen) atoms. The number of rotatable bonds is 4. The summed E-state index contributed by atoms with van der Waals surface area (Å²) in [5.74, 6) is -12.2. The van der Waals surface area contributed by atoms with Crippen LogP contribution >= 0.6 is 0 Å². The molecule has 1 rings (SSSR count). The Morgan fingerprint density at radius 1 is 0.947 bits per heavy atom. The second kappa shape index (κ2) is 5.96. The molecule has 0 aliphatic rings. The third-order valence-corrected chi connectivity index (χ3v) is 2.28. The number of carbonyl (C=O) groups is 1. The van der Waals surface area contributed by atoms with E-state index in [1.807, 2.05) is 0 Å². The van der Waals surface area contributed by atoms with Gasteiger partial charge in [-0.3, -0.25) is 4.79 Å². The van der Waals surface area contributed by atoms with E-state index in [0.29, 0.717) is 6.54 Å². The third-order valence-electron chi connectivity index (χ3n) is 2.28. The summed E-state index contributed by atoms with van der Waals surface area (Å²) < 4.78 is 65.0. The molecule has 0 aliphatic carbocycles. The standard InChI is InChI=1S/C11H11F5N2O/c1-18(2)4-3-17-11(19)5-6(12)8(14)10(16)9(15)7(5)13/h3-4H2,1-2H3,(H,17,19). The average molecular weight is 282 g/mol. The lowest BCUT2D eigenvalue weighted by Gasteiger charge is -2.11. The molecular formula is C11H11F5N2O. The normalized spacial score (nSPS) is 10.9. The minimum Gasteiger partial charge on any atom is -0.351 e. The van der Waals surface area contributed by atoms with Gasteiger partial charge >= 0.3 is 0 Å². The SMILES string of the molecule is CN(C)CCNC(=O)c1c(F)c(F)c(F)c(F)c1F. The van der Waals surface area contributed by atoms with Crippen LogP contribution in [0.4, 0.5) is 22.0 Å². The highest BCUT2D eigenvalue weighted by atomic mass is 19.2. The van der Waals surface area contributed by atoms with Crippen LogP contribution < -0.4 is 5.32 Å². The predicted molar refractivity (Wildman–Crippen MR) is 57.1 cm³/mol. The Balaban J connectivity index is 3.04.